The predicted octanol–water partition coefficient (Wildman–Crippen LogP) is 5.63. The molecule has 3 atom stereocenters. The van der Waals surface area contributed by atoms with Crippen LogP contribution in [0.2, 0.25) is 0 Å². The molecule has 1 aromatic heterocycles. The molecule has 36 heavy (non-hydrogen) atoms. The number of benzene rings is 2. The summed E-state index contributed by atoms with van der Waals surface area (Å²) >= 11 is 0. The molecule has 3 aromatic rings. The largest absolute Gasteiger partial charge is 0.481 e. The minimum Gasteiger partial charge on any atom is -0.481 e. The third kappa shape index (κ3) is 4.47. The molecular formula is C29H35N3O4. The van der Waals surface area contributed by atoms with Gasteiger partial charge in [-0.25, -0.2) is 9.78 Å². The lowest BCUT2D eigenvalue weighted by Gasteiger charge is -2.29. The number of hydrogen-bond donors (Lipinski definition) is 1. The summed E-state index contributed by atoms with van der Waals surface area (Å²) in [5.41, 5.74) is 6.87. The zero-order valence-electron chi connectivity index (χ0n) is 21.4. The van der Waals surface area contributed by atoms with E-state index < -0.39 is 5.97 Å². The van der Waals surface area contributed by atoms with Gasteiger partial charge in [0.1, 0.15) is 5.82 Å². The highest BCUT2D eigenvalue weighted by Crippen LogP contribution is 2.40. The molecular weight excluding hydrogens is 454 g/mol. The maximum absolute atomic E-state index is 12.3. The van der Waals surface area contributed by atoms with Gasteiger partial charge >= 0.3 is 12.1 Å². The van der Waals surface area contributed by atoms with Crippen molar-refractivity contribution in [1.82, 2.24) is 14.5 Å². The Labute approximate surface area is 212 Å². The molecule has 7 heteroatoms. The molecule has 0 saturated heterocycles. The van der Waals surface area contributed by atoms with Gasteiger partial charge in [0.05, 0.1) is 30.6 Å². The first-order valence-electron chi connectivity index (χ1n) is 13.0. The van der Waals surface area contributed by atoms with Gasteiger partial charge in [0.15, 0.2) is 0 Å². The third-order valence-corrected chi connectivity index (χ3v) is 8.13. The summed E-state index contributed by atoms with van der Waals surface area (Å²) in [6, 6.07) is 13.0. The summed E-state index contributed by atoms with van der Waals surface area (Å²) in [4.78, 5) is 31.1. The van der Waals surface area contributed by atoms with Gasteiger partial charge in [-0.1, -0.05) is 36.8 Å². The number of hydrogen-bond acceptors (Lipinski definition) is 4. The first kappa shape index (κ1) is 24.3. The lowest BCUT2D eigenvalue weighted by Crippen LogP contribution is -2.35. The molecule has 1 aliphatic heterocycles. The second-order valence-electron chi connectivity index (χ2n) is 10.4. The standard InChI is InChI=1S/C29H35N3O4/c1-18-7-4-5-8-21(18)15-19(2)32-25-12-11-20-13-14-31(29(35)36-3)17-24(20)26(25)30-27(32)22-9-6-10-23(16-22)28(33)34/h4-5,7-8,11-12,19,22-23H,6,9-10,13-17H2,1-3H3,(H,33,34)/t19-,22?,23+/m1/s1. The van der Waals surface area contributed by atoms with Crippen LogP contribution in [-0.2, 0) is 28.9 Å². The lowest BCUT2D eigenvalue weighted by molar-refractivity contribution is -0.143. The average molecular weight is 490 g/mol. The Kier molecular flexibility index (Phi) is 6.73. The molecule has 1 aliphatic carbocycles. The van der Waals surface area contributed by atoms with Crippen LogP contribution < -0.4 is 0 Å². The number of ether oxygens (including phenoxy) is 1. The van der Waals surface area contributed by atoms with Crippen LogP contribution in [0.5, 0.6) is 0 Å². The molecule has 2 heterocycles. The van der Waals surface area contributed by atoms with E-state index in [-0.39, 0.29) is 24.0 Å². The molecule has 1 saturated carbocycles. The van der Waals surface area contributed by atoms with Crippen LogP contribution in [0.25, 0.3) is 11.0 Å². The smallest absolute Gasteiger partial charge is 0.409 e. The zero-order chi connectivity index (χ0) is 25.4. The summed E-state index contributed by atoms with van der Waals surface area (Å²) in [6.45, 7) is 5.48. The van der Waals surface area contributed by atoms with Crippen molar-refractivity contribution in [3.63, 3.8) is 0 Å². The van der Waals surface area contributed by atoms with Gasteiger partial charge in [0.25, 0.3) is 0 Å². The number of imidazole rings is 1. The minimum atomic E-state index is -0.707. The number of aromatic nitrogens is 2. The van der Waals surface area contributed by atoms with E-state index in [4.69, 9.17) is 9.72 Å². The van der Waals surface area contributed by atoms with Crippen LogP contribution in [0.4, 0.5) is 4.79 Å². The molecule has 5 rings (SSSR count). The lowest BCUT2D eigenvalue weighted by atomic mass is 9.81. The van der Waals surface area contributed by atoms with Crippen molar-refractivity contribution in [3.8, 4) is 0 Å². The van der Waals surface area contributed by atoms with E-state index in [9.17, 15) is 14.7 Å². The van der Waals surface area contributed by atoms with Crippen molar-refractivity contribution < 1.29 is 19.4 Å². The topological polar surface area (TPSA) is 84.7 Å². The van der Waals surface area contributed by atoms with Gasteiger partial charge in [0, 0.05) is 24.1 Å². The number of carboxylic acids is 1. The molecule has 2 aromatic carbocycles. The van der Waals surface area contributed by atoms with Gasteiger partial charge in [-0.15, -0.1) is 0 Å². The van der Waals surface area contributed by atoms with Crippen molar-refractivity contribution in [2.75, 3.05) is 13.7 Å². The number of carbonyl (C=O) groups excluding carboxylic acids is 1. The minimum absolute atomic E-state index is 0.0996. The summed E-state index contributed by atoms with van der Waals surface area (Å²) in [5.74, 6) is 0.0528. The predicted molar refractivity (Wildman–Crippen MR) is 138 cm³/mol. The van der Waals surface area contributed by atoms with Crippen LogP contribution in [0.1, 0.15) is 72.6 Å². The van der Waals surface area contributed by atoms with E-state index in [1.165, 1.54) is 23.8 Å². The van der Waals surface area contributed by atoms with Crippen LogP contribution in [0.15, 0.2) is 36.4 Å². The second-order valence-corrected chi connectivity index (χ2v) is 10.4. The van der Waals surface area contributed by atoms with Crippen molar-refractivity contribution in [1.29, 1.82) is 0 Å². The monoisotopic (exact) mass is 489 g/mol. The fraction of sp³-hybridized carbons (Fsp3) is 0.483. The molecule has 1 fully saturated rings. The summed E-state index contributed by atoms with van der Waals surface area (Å²) in [7, 11) is 1.42. The number of rotatable bonds is 5. The van der Waals surface area contributed by atoms with Gasteiger partial charge in [-0.2, -0.15) is 0 Å². The highest BCUT2D eigenvalue weighted by Gasteiger charge is 2.33. The Morgan fingerprint density at radius 3 is 2.75 bits per heavy atom. The fourth-order valence-corrected chi connectivity index (χ4v) is 6.15. The number of carboxylic acid groups (broad SMARTS) is 1. The molecule has 2 aliphatic rings. The molecule has 1 N–H and O–H groups in total. The van der Waals surface area contributed by atoms with Crippen LogP contribution >= 0.6 is 0 Å². The zero-order valence-corrected chi connectivity index (χ0v) is 21.4. The quantitative estimate of drug-likeness (QED) is 0.502. The summed E-state index contributed by atoms with van der Waals surface area (Å²) in [6.07, 6.45) is 4.51. The number of carbonyl (C=O) groups is 2. The normalized spacial score (nSPS) is 20.7. The Balaban J connectivity index is 1.61. The fourth-order valence-electron chi connectivity index (χ4n) is 6.15. The average Bonchev–Trinajstić information content (AvgIpc) is 3.29. The Morgan fingerprint density at radius 1 is 1.19 bits per heavy atom. The molecule has 0 bridgehead atoms. The highest BCUT2D eigenvalue weighted by atomic mass is 16.5. The molecule has 1 amide bonds. The summed E-state index contributed by atoms with van der Waals surface area (Å²) < 4.78 is 7.35. The Hall–Kier alpha value is -3.35. The molecule has 190 valence electrons. The molecule has 7 nitrogen and oxygen atoms in total. The number of fused-ring (bicyclic) bond motifs is 3. The van der Waals surface area contributed by atoms with Gasteiger partial charge < -0.3 is 19.3 Å². The van der Waals surface area contributed by atoms with Crippen molar-refractivity contribution in [2.45, 2.75) is 70.9 Å². The maximum Gasteiger partial charge on any atom is 0.409 e. The first-order chi connectivity index (χ1) is 17.4. The number of aryl methyl sites for hydroxylation is 1. The van der Waals surface area contributed by atoms with Crippen molar-refractivity contribution in [2.24, 2.45) is 5.92 Å². The Morgan fingerprint density at radius 2 is 2.00 bits per heavy atom. The van der Waals surface area contributed by atoms with E-state index in [0.29, 0.717) is 19.5 Å². The van der Waals surface area contributed by atoms with Crippen LogP contribution in [-0.4, -0.2) is 45.3 Å². The van der Waals surface area contributed by atoms with E-state index in [1.807, 2.05) is 0 Å². The van der Waals surface area contributed by atoms with Crippen LogP contribution in [0, 0.1) is 12.8 Å². The molecule has 0 spiro atoms. The van der Waals surface area contributed by atoms with Crippen molar-refractivity contribution >= 4 is 23.1 Å². The SMILES string of the molecule is COC(=O)N1CCc2ccc3c(nc(C4CCC[C@H](C(=O)O)C4)n3[C@H](C)Cc3ccccc3C)c2C1. The number of aliphatic carboxylic acids is 1. The Bertz CT molecular complexity index is 1300. The molecule has 1 unspecified atom stereocenters. The van der Waals surface area contributed by atoms with Gasteiger partial charge in [0.2, 0.25) is 0 Å². The number of nitrogens with zero attached hydrogens (tertiary/aromatic N) is 3. The third-order valence-electron chi connectivity index (χ3n) is 8.13. The van der Waals surface area contributed by atoms with Gasteiger partial charge in [-0.3, -0.25) is 4.79 Å². The first-order valence-corrected chi connectivity index (χ1v) is 13.0. The highest BCUT2D eigenvalue weighted by molar-refractivity contribution is 5.82. The van der Waals surface area contributed by atoms with Gasteiger partial charge in [-0.05, 0) is 68.7 Å². The summed E-state index contributed by atoms with van der Waals surface area (Å²) in [5, 5.41) is 9.73. The van der Waals surface area contributed by atoms with Crippen molar-refractivity contribution in [3.05, 3.63) is 64.5 Å². The second kappa shape index (κ2) is 9.96. The molecule has 0 radical (unpaired) electrons. The van der Waals surface area contributed by atoms with E-state index >= 15 is 0 Å². The maximum atomic E-state index is 12.3. The van der Waals surface area contributed by atoms with E-state index in [2.05, 4.69) is 54.8 Å². The van der Waals surface area contributed by atoms with E-state index in [1.54, 1.807) is 4.90 Å². The van der Waals surface area contributed by atoms with Crippen LogP contribution in [0.3, 0.4) is 0 Å². The number of methoxy groups -OCH3 is 1. The van der Waals surface area contributed by atoms with E-state index in [0.717, 1.165) is 54.5 Å². The number of amides is 1.